The highest BCUT2D eigenvalue weighted by molar-refractivity contribution is 6.04. The fraction of sp³-hybridized carbons (Fsp3) is 0.310. The van der Waals surface area contributed by atoms with E-state index in [1.807, 2.05) is 54.6 Å². The van der Waals surface area contributed by atoms with Crippen molar-refractivity contribution < 1.29 is 14.7 Å². The van der Waals surface area contributed by atoms with Crippen LogP contribution in [-0.4, -0.2) is 17.0 Å². The average Bonchev–Trinajstić information content (AvgIpc) is 2.79. The zero-order valence-electron chi connectivity index (χ0n) is 19.7. The van der Waals surface area contributed by atoms with E-state index in [4.69, 9.17) is 0 Å². The number of hydrogen-bond donors (Lipinski definition) is 2. The number of carboxylic acid groups (broad SMARTS) is 1. The second kappa shape index (κ2) is 11.0. The number of aryl methyl sites for hydroxylation is 2. The molecule has 0 radical (unpaired) electrons. The number of nitrogens with one attached hydrogen (secondary N) is 1. The lowest BCUT2D eigenvalue weighted by Gasteiger charge is -2.19. The number of benzene rings is 3. The Morgan fingerprint density at radius 2 is 1.33 bits per heavy atom. The summed E-state index contributed by atoms with van der Waals surface area (Å²) in [6, 6.07) is 22.9. The molecule has 0 fully saturated rings. The molecule has 0 heterocycles. The predicted molar refractivity (Wildman–Crippen MR) is 134 cm³/mol. The molecule has 3 rings (SSSR count). The van der Waals surface area contributed by atoms with E-state index >= 15 is 0 Å². The van der Waals surface area contributed by atoms with Crippen LogP contribution in [0.15, 0.2) is 72.8 Å². The summed E-state index contributed by atoms with van der Waals surface area (Å²) in [6.07, 6.45) is 4.51. The van der Waals surface area contributed by atoms with Gasteiger partial charge in [-0.1, -0.05) is 75.7 Å². The molecule has 33 heavy (non-hydrogen) atoms. The smallest absolute Gasteiger partial charge is 0.335 e. The summed E-state index contributed by atoms with van der Waals surface area (Å²) in [5.74, 6) is -0.975. The highest BCUT2D eigenvalue weighted by Crippen LogP contribution is 2.23. The lowest BCUT2D eigenvalue weighted by Crippen LogP contribution is -2.15. The van der Waals surface area contributed by atoms with Gasteiger partial charge in [0.2, 0.25) is 0 Å². The minimum absolute atomic E-state index is 0.0529. The number of anilines is 1. The van der Waals surface area contributed by atoms with Crippen LogP contribution in [0.5, 0.6) is 0 Å². The van der Waals surface area contributed by atoms with E-state index in [-0.39, 0.29) is 11.3 Å². The van der Waals surface area contributed by atoms with E-state index in [9.17, 15) is 14.7 Å². The van der Waals surface area contributed by atoms with Gasteiger partial charge in [0.05, 0.1) is 5.56 Å². The Balaban J connectivity index is 1.54. The molecule has 0 spiro atoms. The van der Waals surface area contributed by atoms with E-state index in [0.29, 0.717) is 11.1 Å². The molecule has 0 aromatic heterocycles. The Morgan fingerprint density at radius 1 is 0.758 bits per heavy atom. The van der Waals surface area contributed by atoms with Gasteiger partial charge in [0.1, 0.15) is 0 Å². The molecule has 0 bridgehead atoms. The highest BCUT2D eigenvalue weighted by atomic mass is 16.4. The Hall–Kier alpha value is -3.40. The summed E-state index contributed by atoms with van der Waals surface area (Å²) in [7, 11) is 0. The third-order valence-corrected chi connectivity index (χ3v) is 5.92. The van der Waals surface area contributed by atoms with Crippen molar-refractivity contribution in [1.82, 2.24) is 0 Å². The van der Waals surface area contributed by atoms with Crippen molar-refractivity contribution in [3.63, 3.8) is 0 Å². The molecule has 0 aliphatic carbocycles. The number of hydrogen-bond acceptors (Lipinski definition) is 2. The van der Waals surface area contributed by atoms with Gasteiger partial charge in [-0.05, 0) is 72.1 Å². The summed E-state index contributed by atoms with van der Waals surface area (Å²) in [6.45, 7) is 6.47. The standard InChI is InChI=1S/C29H33NO3/c1-29(2,3)24-19-17-23(18-20-24)27(31)30-26-16-10-8-14-22(26)13-6-4-5-11-21-12-7-9-15-25(21)28(32)33/h7-10,12,14-20H,4-6,11,13H2,1-3H3,(H,30,31)(H,32,33). The first-order valence-electron chi connectivity index (χ1n) is 11.6. The number of carbonyl (C=O) groups excluding carboxylic acids is 1. The molecule has 3 aromatic carbocycles. The molecule has 4 nitrogen and oxygen atoms in total. The van der Waals surface area contributed by atoms with Crippen LogP contribution in [-0.2, 0) is 18.3 Å². The summed E-state index contributed by atoms with van der Waals surface area (Å²) < 4.78 is 0. The summed E-state index contributed by atoms with van der Waals surface area (Å²) in [5, 5.41) is 12.4. The van der Waals surface area contributed by atoms with Crippen LogP contribution in [0.25, 0.3) is 0 Å². The Kier molecular flexibility index (Phi) is 8.05. The van der Waals surface area contributed by atoms with Gasteiger partial charge in [0, 0.05) is 11.3 Å². The van der Waals surface area contributed by atoms with Crippen LogP contribution in [0.3, 0.4) is 0 Å². The van der Waals surface area contributed by atoms with Crippen LogP contribution in [0.1, 0.15) is 77.4 Å². The summed E-state index contributed by atoms with van der Waals surface area (Å²) >= 11 is 0. The first kappa shape index (κ1) is 24.2. The van der Waals surface area contributed by atoms with Crippen molar-refractivity contribution >= 4 is 17.6 Å². The maximum absolute atomic E-state index is 12.8. The maximum atomic E-state index is 12.8. The van der Waals surface area contributed by atoms with Gasteiger partial charge >= 0.3 is 5.97 Å². The van der Waals surface area contributed by atoms with Crippen LogP contribution in [0.2, 0.25) is 0 Å². The van der Waals surface area contributed by atoms with Crippen molar-refractivity contribution in [2.24, 2.45) is 0 Å². The van der Waals surface area contributed by atoms with E-state index < -0.39 is 5.97 Å². The van der Waals surface area contributed by atoms with E-state index in [2.05, 4.69) is 32.2 Å². The summed E-state index contributed by atoms with van der Waals surface area (Å²) in [5.41, 5.74) is 5.13. The third kappa shape index (κ3) is 6.79. The van der Waals surface area contributed by atoms with Gasteiger partial charge in [-0.3, -0.25) is 4.79 Å². The molecular weight excluding hydrogens is 410 g/mol. The number of rotatable bonds is 9. The number of para-hydroxylation sites is 1. The molecular formula is C29H33NO3. The van der Waals surface area contributed by atoms with E-state index in [0.717, 1.165) is 48.9 Å². The molecule has 2 N–H and O–H groups in total. The second-order valence-corrected chi connectivity index (χ2v) is 9.46. The van der Waals surface area contributed by atoms with Gasteiger partial charge in [0.15, 0.2) is 0 Å². The minimum atomic E-state index is -0.872. The summed E-state index contributed by atoms with van der Waals surface area (Å²) in [4.78, 5) is 24.1. The third-order valence-electron chi connectivity index (χ3n) is 5.92. The van der Waals surface area contributed by atoms with Crippen LogP contribution in [0.4, 0.5) is 5.69 Å². The normalized spacial score (nSPS) is 11.2. The number of carboxylic acids is 1. The van der Waals surface area contributed by atoms with Gasteiger partial charge in [-0.2, -0.15) is 0 Å². The SMILES string of the molecule is CC(C)(C)c1ccc(C(=O)Nc2ccccc2CCCCCc2ccccc2C(=O)O)cc1. The quantitative estimate of drug-likeness (QED) is 0.354. The fourth-order valence-electron chi connectivity index (χ4n) is 3.93. The average molecular weight is 444 g/mol. The maximum Gasteiger partial charge on any atom is 0.335 e. The van der Waals surface area contributed by atoms with Crippen LogP contribution >= 0.6 is 0 Å². The second-order valence-electron chi connectivity index (χ2n) is 9.46. The predicted octanol–water partition coefficient (Wildman–Crippen LogP) is 6.89. The van der Waals surface area contributed by atoms with Crippen molar-refractivity contribution in [2.45, 2.75) is 58.3 Å². The zero-order valence-corrected chi connectivity index (χ0v) is 19.7. The number of aromatic carboxylic acids is 1. The van der Waals surface area contributed by atoms with Crippen molar-refractivity contribution in [2.75, 3.05) is 5.32 Å². The number of amides is 1. The molecule has 0 saturated heterocycles. The molecule has 0 saturated carbocycles. The van der Waals surface area contributed by atoms with Gasteiger partial charge in [0.25, 0.3) is 5.91 Å². The Morgan fingerprint density at radius 3 is 1.97 bits per heavy atom. The molecule has 0 atom stereocenters. The fourth-order valence-corrected chi connectivity index (χ4v) is 3.93. The molecule has 0 unspecified atom stereocenters. The molecule has 0 aliphatic rings. The topological polar surface area (TPSA) is 66.4 Å². The minimum Gasteiger partial charge on any atom is -0.478 e. The monoisotopic (exact) mass is 443 g/mol. The first-order chi connectivity index (χ1) is 15.8. The lowest BCUT2D eigenvalue weighted by atomic mass is 9.86. The van der Waals surface area contributed by atoms with Gasteiger partial charge in [-0.15, -0.1) is 0 Å². The molecule has 172 valence electrons. The first-order valence-corrected chi connectivity index (χ1v) is 11.6. The Labute approximate surface area is 196 Å². The highest BCUT2D eigenvalue weighted by Gasteiger charge is 2.15. The van der Waals surface area contributed by atoms with Crippen molar-refractivity contribution in [1.29, 1.82) is 0 Å². The van der Waals surface area contributed by atoms with E-state index in [1.165, 1.54) is 5.56 Å². The van der Waals surface area contributed by atoms with Crippen molar-refractivity contribution in [3.8, 4) is 0 Å². The van der Waals surface area contributed by atoms with Crippen LogP contribution in [0, 0.1) is 0 Å². The van der Waals surface area contributed by atoms with Gasteiger partial charge in [-0.25, -0.2) is 4.79 Å². The van der Waals surface area contributed by atoms with Crippen molar-refractivity contribution in [3.05, 3.63) is 101 Å². The largest absolute Gasteiger partial charge is 0.478 e. The number of unbranched alkanes of at least 4 members (excludes halogenated alkanes) is 2. The Bertz CT molecular complexity index is 1090. The van der Waals surface area contributed by atoms with E-state index in [1.54, 1.807) is 12.1 Å². The zero-order chi connectivity index (χ0) is 23.8. The molecule has 3 aromatic rings. The lowest BCUT2D eigenvalue weighted by molar-refractivity contribution is 0.0695. The number of carbonyl (C=O) groups is 2. The molecule has 1 amide bonds. The molecule has 0 aliphatic heterocycles. The van der Waals surface area contributed by atoms with Gasteiger partial charge < -0.3 is 10.4 Å². The molecule has 4 heteroatoms. The van der Waals surface area contributed by atoms with Crippen LogP contribution < -0.4 is 5.32 Å².